The maximum absolute atomic E-state index is 13.8. The standard InChI is InChI=1S/C32H40N6O4S/c1-20-7-8-21(22-9-10-26(34-19-22)37-13-15-42-16-14-37)17-24(20)35-30(41)36-27-23(18-25(43-27)31(2,3)4)28(39)38-12-11-33-29(40)32(38,5)6/h7-10,17-19H,11-16H2,1-6H3,(H,33,40)(H2,35,36,41). The summed E-state index contributed by atoms with van der Waals surface area (Å²) in [4.78, 5) is 49.1. The maximum Gasteiger partial charge on any atom is 0.324 e. The zero-order valence-corrected chi connectivity index (χ0v) is 26.5. The second kappa shape index (κ2) is 12.0. The molecule has 0 spiro atoms. The molecule has 11 heteroatoms. The molecule has 0 aliphatic carbocycles. The molecule has 2 saturated heterocycles. The summed E-state index contributed by atoms with van der Waals surface area (Å²) in [5.74, 6) is 0.432. The first-order valence-corrected chi connectivity index (χ1v) is 15.4. The number of nitrogens with zero attached hydrogens (tertiary/aromatic N) is 3. The Morgan fingerprint density at radius 3 is 2.42 bits per heavy atom. The summed E-state index contributed by atoms with van der Waals surface area (Å²) in [5.41, 5.74) is 2.55. The number of urea groups is 1. The number of carbonyl (C=O) groups excluding carboxylic acids is 3. The van der Waals surface area contributed by atoms with Crippen LogP contribution in [0.5, 0.6) is 0 Å². The van der Waals surface area contributed by atoms with E-state index in [1.54, 1.807) is 18.7 Å². The van der Waals surface area contributed by atoms with E-state index < -0.39 is 11.6 Å². The number of rotatable bonds is 5. The van der Waals surface area contributed by atoms with Crippen LogP contribution in [-0.2, 0) is 14.9 Å². The van der Waals surface area contributed by atoms with Gasteiger partial charge in [-0.05, 0) is 61.6 Å². The van der Waals surface area contributed by atoms with Gasteiger partial charge in [0.25, 0.3) is 5.91 Å². The van der Waals surface area contributed by atoms with Gasteiger partial charge in [-0.3, -0.25) is 14.9 Å². The predicted molar refractivity (Wildman–Crippen MR) is 171 cm³/mol. The molecule has 0 atom stereocenters. The third kappa shape index (κ3) is 6.52. The molecule has 1 aromatic carbocycles. The van der Waals surface area contributed by atoms with Crippen LogP contribution in [0, 0.1) is 6.92 Å². The Morgan fingerprint density at radius 1 is 1.02 bits per heavy atom. The van der Waals surface area contributed by atoms with E-state index in [-0.39, 0.29) is 17.2 Å². The molecule has 2 aliphatic heterocycles. The minimum absolute atomic E-state index is 0.202. The number of morpholine rings is 1. The molecule has 228 valence electrons. The van der Waals surface area contributed by atoms with E-state index in [9.17, 15) is 14.4 Å². The number of carbonyl (C=O) groups is 3. The molecule has 5 rings (SSSR count). The SMILES string of the molecule is Cc1ccc(-c2ccc(N3CCOCC3)nc2)cc1NC(=O)Nc1sc(C(C)(C)C)cc1C(=O)N1CCNC(=O)C1(C)C. The van der Waals surface area contributed by atoms with Crippen LogP contribution in [0.3, 0.4) is 0 Å². The number of benzene rings is 1. The van der Waals surface area contributed by atoms with Crippen molar-refractivity contribution in [2.24, 2.45) is 0 Å². The van der Waals surface area contributed by atoms with Gasteiger partial charge in [-0.15, -0.1) is 11.3 Å². The van der Waals surface area contributed by atoms with Gasteiger partial charge in [0.15, 0.2) is 0 Å². The summed E-state index contributed by atoms with van der Waals surface area (Å²) in [6, 6.07) is 11.3. The van der Waals surface area contributed by atoms with Crippen LogP contribution >= 0.6 is 11.3 Å². The van der Waals surface area contributed by atoms with Crippen LogP contribution in [0.2, 0.25) is 0 Å². The van der Waals surface area contributed by atoms with Crippen LogP contribution in [0.1, 0.15) is 55.4 Å². The van der Waals surface area contributed by atoms with Crippen molar-refractivity contribution in [3.63, 3.8) is 0 Å². The van der Waals surface area contributed by atoms with E-state index in [2.05, 4.69) is 46.6 Å². The highest BCUT2D eigenvalue weighted by Crippen LogP contribution is 2.38. The van der Waals surface area contributed by atoms with Gasteiger partial charge in [0.1, 0.15) is 16.4 Å². The number of nitrogens with one attached hydrogen (secondary N) is 3. The van der Waals surface area contributed by atoms with Gasteiger partial charge in [0, 0.05) is 48.5 Å². The lowest BCUT2D eigenvalue weighted by Gasteiger charge is -2.41. The Hall–Kier alpha value is -3.96. The minimum Gasteiger partial charge on any atom is -0.378 e. The fourth-order valence-electron chi connectivity index (χ4n) is 5.14. The summed E-state index contributed by atoms with van der Waals surface area (Å²) in [6.07, 6.45) is 1.85. The van der Waals surface area contributed by atoms with E-state index in [0.29, 0.717) is 42.6 Å². The maximum atomic E-state index is 13.8. The first-order valence-electron chi connectivity index (χ1n) is 14.6. The molecule has 4 amide bonds. The molecule has 0 bridgehead atoms. The summed E-state index contributed by atoms with van der Waals surface area (Å²) >= 11 is 1.38. The number of anilines is 3. The molecule has 0 saturated carbocycles. The van der Waals surface area contributed by atoms with Gasteiger partial charge in [0.05, 0.1) is 18.8 Å². The van der Waals surface area contributed by atoms with Crippen molar-refractivity contribution in [3.05, 3.63) is 58.6 Å². The highest BCUT2D eigenvalue weighted by molar-refractivity contribution is 7.16. The molecule has 0 unspecified atom stereocenters. The summed E-state index contributed by atoms with van der Waals surface area (Å²) in [7, 11) is 0. The van der Waals surface area contributed by atoms with Crippen molar-refractivity contribution in [1.82, 2.24) is 15.2 Å². The predicted octanol–water partition coefficient (Wildman–Crippen LogP) is 5.25. The average molecular weight is 605 g/mol. The normalized spacial score (nSPS) is 16.9. The van der Waals surface area contributed by atoms with E-state index in [4.69, 9.17) is 4.74 Å². The molecule has 0 radical (unpaired) electrons. The second-order valence-corrected chi connectivity index (χ2v) is 13.5. The molecule has 3 N–H and O–H groups in total. The number of thiophene rings is 1. The average Bonchev–Trinajstić information content (AvgIpc) is 3.40. The monoisotopic (exact) mass is 604 g/mol. The topological polar surface area (TPSA) is 116 Å². The quantitative estimate of drug-likeness (QED) is 0.367. The van der Waals surface area contributed by atoms with Crippen LogP contribution in [0.15, 0.2) is 42.6 Å². The lowest BCUT2D eigenvalue weighted by Crippen LogP contribution is -2.63. The van der Waals surface area contributed by atoms with Crippen molar-refractivity contribution < 1.29 is 19.1 Å². The van der Waals surface area contributed by atoms with Crippen LogP contribution < -0.4 is 20.9 Å². The molecule has 2 aliphatic rings. The van der Waals surface area contributed by atoms with Gasteiger partial charge >= 0.3 is 6.03 Å². The molecule has 10 nitrogen and oxygen atoms in total. The number of pyridine rings is 1. The molecule has 2 aromatic heterocycles. The number of aromatic nitrogens is 1. The largest absolute Gasteiger partial charge is 0.378 e. The molecule has 2 fully saturated rings. The molecule has 43 heavy (non-hydrogen) atoms. The van der Waals surface area contributed by atoms with E-state index in [1.165, 1.54) is 11.3 Å². The van der Waals surface area contributed by atoms with Crippen molar-refractivity contribution in [2.45, 2.75) is 52.5 Å². The molecule has 4 heterocycles. The van der Waals surface area contributed by atoms with Gasteiger partial charge in [-0.25, -0.2) is 9.78 Å². The molecular formula is C32H40N6O4S. The van der Waals surface area contributed by atoms with E-state index in [0.717, 1.165) is 40.5 Å². The van der Waals surface area contributed by atoms with Crippen molar-refractivity contribution in [3.8, 4) is 11.1 Å². The van der Waals surface area contributed by atoms with Crippen LogP contribution in [0.25, 0.3) is 11.1 Å². The number of amides is 4. The van der Waals surface area contributed by atoms with Gasteiger partial charge in [-0.1, -0.05) is 32.9 Å². The van der Waals surface area contributed by atoms with Gasteiger partial charge in [0.2, 0.25) is 5.91 Å². The Kier molecular flexibility index (Phi) is 8.49. The third-order valence-electron chi connectivity index (χ3n) is 7.93. The first-order chi connectivity index (χ1) is 20.3. The summed E-state index contributed by atoms with van der Waals surface area (Å²) in [5, 5.41) is 9.19. The second-order valence-electron chi connectivity index (χ2n) is 12.5. The van der Waals surface area contributed by atoms with Gasteiger partial charge in [-0.2, -0.15) is 0 Å². The third-order valence-corrected chi connectivity index (χ3v) is 9.40. The number of aryl methyl sites for hydroxylation is 1. The van der Waals surface area contributed by atoms with E-state index >= 15 is 0 Å². The Morgan fingerprint density at radius 2 is 1.74 bits per heavy atom. The van der Waals surface area contributed by atoms with Gasteiger partial charge < -0.3 is 25.2 Å². The zero-order chi connectivity index (χ0) is 30.9. The van der Waals surface area contributed by atoms with Crippen LogP contribution in [-0.4, -0.2) is 72.7 Å². The minimum atomic E-state index is -1.01. The number of piperazine rings is 1. The zero-order valence-electron chi connectivity index (χ0n) is 25.7. The van der Waals surface area contributed by atoms with E-state index in [1.807, 2.05) is 49.5 Å². The number of hydrogen-bond acceptors (Lipinski definition) is 7. The number of hydrogen-bond donors (Lipinski definition) is 3. The summed E-state index contributed by atoms with van der Waals surface area (Å²) < 4.78 is 5.44. The number of ether oxygens (including phenoxy) is 1. The molecule has 3 aromatic rings. The fourth-order valence-corrected chi connectivity index (χ4v) is 6.24. The highest BCUT2D eigenvalue weighted by Gasteiger charge is 2.42. The van der Waals surface area contributed by atoms with Crippen LogP contribution in [0.4, 0.5) is 21.3 Å². The summed E-state index contributed by atoms with van der Waals surface area (Å²) in [6.45, 7) is 15.4. The lowest BCUT2D eigenvalue weighted by molar-refractivity contribution is -0.133. The van der Waals surface area contributed by atoms with Crippen molar-refractivity contribution in [1.29, 1.82) is 0 Å². The smallest absolute Gasteiger partial charge is 0.324 e. The van der Waals surface area contributed by atoms with Crippen molar-refractivity contribution in [2.75, 3.05) is 54.9 Å². The first kappa shape index (κ1) is 30.5. The Labute approximate surface area is 256 Å². The Bertz CT molecular complexity index is 1520. The highest BCUT2D eigenvalue weighted by atomic mass is 32.1. The Balaban J connectivity index is 1.36. The lowest BCUT2D eigenvalue weighted by atomic mass is 9.93. The van der Waals surface area contributed by atoms with Crippen molar-refractivity contribution >= 4 is 45.7 Å². The molecular weight excluding hydrogens is 564 g/mol. The fraction of sp³-hybridized carbons (Fsp3) is 0.438.